The molecule has 138 valence electrons. The number of amides is 2. The Morgan fingerprint density at radius 3 is 2.00 bits per heavy atom. The Labute approximate surface area is 156 Å². The van der Waals surface area contributed by atoms with Crippen LogP contribution in [0.2, 0.25) is 0 Å². The molecule has 3 heteroatoms. The predicted molar refractivity (Wildman–Crippen MR) is 102 cm³/mol. The number of hydrogen-bond donors (Lipinski definition) is 0. The fourth-order valence-electron chi connectivity index (χ4n) is 6.05. The molecular formula is C23H29NO2. The summed E-state index contributed by atoms with van der Waals surface area (Å²) >= 11 is 0. The number of nitrogens with zero attached hydrogens (tertiary/aromatic N) is 1. The second-order valence-electron chi connectivity index (χ2n) is 8.99. The van der Waals surface area contributed by atoms with Gasteiger partial charge in [0.05, 0.1) is 11.8 Å². The monoisotopic (exact) mass is 351 g/mol. The molecule has 3 aliphatic rings. The van der Waals surface area contributed by atoms with Gasteiger partial charge in [-0.25, -0.2) is 0 Å². The van der Waals surface area contributed by atoms with E-state index >= 15 is 0 Å². The molecule has 0 radical (unpaired) electrons. The van der Waals surface area contributed by atoms with Crippen LogP contribution < -0.4 is 0 Å². The highest BCUT2D eigenvalue weighted by molar-refractivity contribution is 6.07. The normalized spacial score (nSPS) is 35.6. The minimum Gasteiger partial charge on any atom is -0.282 e. The number of unbranched alkanes of at least 4 members (excludes halogenated alkanes) is 1. The lowest BCUT2D eigenvalue weighted by Crippen LogP contribution is -2.36. The Kier molecular flexibility index (Phi) is 3.91. The fraction of sp³-hybridized carbons (Fsp3) is 0.565. The molecule has 1 aromatic rings. The molecular weight excluding hydrogens is 322 g/mol. The molecule has 4 unspecified atom stereocenters. The number of imide groups is 1. The van der Waals surface area contributed by atoms with Gasteiger partial charge in [0.15, 0.2) is 0 Å². The second-order valence-corrected chi connectivity index (χ2v) is 8.99. The molecule has 3 nitrogen and oxygen atoms in total. The highest BCUT2D eigenvalue weighted by Crippen LogP contribution is 2.71. The van der Waals surface area contributed by atoms with E-state index in [0.29, 0.717) is 6.54 Å². The maximum Gasteiger partial charge on any atom is 0.234 e. The maximum atomic E-state index is 13.1. The number of fused-ring (bicyclic) bond motifs is 5. The van der Waals surface area contributed by atoms with Gasteiger partial charge in [0, 0.05) is 17.4 Å². The average Bonchev–Trinajstić information content (AvgIpc) is 3.10. The first kappa shape index (κ1) is 17.5. The van der Waals surface area contributed by atoms with Gasteiger partial charge in [-0.15, -0.1) is 0 Å². The molecule has 26 heavy (non-hydrogen) atoms. The average molecular weight is 351 g/mol. The first-order chi connectivity index (χ1) is 12.3. The van der Waals surface area contributed by atoms with Crippen LogP contribution in [0.5, 0.6) is 0 Å². The lowest BCUT2D eigenvalue weighted by molar-refractivity contribution is -0.141. The summed E-state index contributed by atoms with van der Waals surface area (Å²) in [5.41, 5.74) is 3.74. The van der Waals surface area contributed by atoms with Gasteiger partial charge in [0.25, 0.3) is 0 Å². The molecule has 0 aromatic heterocycles. The Morgan fingerprint density at radius 2 is 1.46 bits per heavy atom. The largest absolute Gasteiger partial charge is 0.282 e. The standard InChI is InChI=1S/C23H29NO2/c1-15-16(2)23(4)14-22(15,3)18-19(23)21(26)24(20(18)25)13-9-8-12-17-10-6-5-7-11-17/h5-7,10-11,18-19H,8-9,12-14H2,1-4H3. The van der Waals surface area contributed by atoms with E-state index < -0.39 is 0 Å². The molecule has 4 atom stereocenters. The van der Waals surface area contributed by atoms with Crippen molar-refractivity contribution in [2.45, 2.75) is 53.4 Å². The van der Waals surface area contributed by atoms with Gasteiger partial charge in [0.2, 0.25) is 11.8 Å². The second kappa shape index (κ2) is 5.80. The van der Waals surface area contributed by atoms with Gasteiger partial charge >= 0.3 is 0 Å². The van der Waals surface area contributed by atoms with E-state index in [9.17, 15) is 9.59 Å². The van der Waals surface area contributed by atoms with Gasteiger partial charge in [-0.2, -0.15) is 0 Å². The molecule has 2 amide bonds. The Morgan fingerprint density at radius 1 is 0.923 bits per heavy atom. The maximum absolute atomic E-state index is 13.1. The zero-order chi connectivity index (χ0) is 18.7. The van der Waals surface area contributed by atoms with Gasteiger partial charge in [-0.1, -0.05) is 55.3 Å². The summed E-state index contributed by atoms with van der Waals surface area (Å²) in [6, 6.07) is 10.4. The van der Waals surface area contributed by atoms with Crippen LogP contribution in [0.4, 0.5) is 0 Å². The number of hydrogen-bond acceptors (Lipinski definition) is 2. The third-order valence-corrected chi connectivity index (χ3v) is 7.72. The summed E-state index contributed by atoms with van der Waals surface area (Å²) in [5, 5.41) is 0. The number of carbonyl (C=O) groups is 2. The van der Waals surface area contributed by atoms with Gasteiger partial charge in [-0.3, -0.25) is 14.5 Å². The molecule has 1 saturated carbocycles. The molecule has 1 aromatic carbocycles. The van der Waals surface area contributed by atoms with Crippen LogP contribution in [0.1, 0.15) is 52.5 Å². The Balaban J connectivity index is 1.45. The lowest BCUT2D eigenvalue weighted by atomic mass is 9.66. The number of carbonyl (C=O) groups excluding carboxylic acids is 2. The number of benzene rings is 1. The zero-order valence-corrected chi connectivity index (χ0v) is 16.3. The first-order valence-corrected chi connectivity index (χ1v) is 9.88. The van der Waals surface area contributed by atoms with E-state index in [1.165, 1.54) is 16.7 Å². The number of allylic oxidation sites excluding steroid dienone is 2. The van der Waals surface area contributed by atoms with Gasteiger partial charge in [0.1, 0.15) is 0 Å². The van der Waals surface area contributed by atoms with E-state index in [1.807, 2.05) is 6.07 Å². The third kappa shape index (κ3) is 2.19. The van der Waals surface area contributed by atoms with E-state index in [2.05, 4.69) is 52.0 Å². The van der Waals surface area contributed by atoms with Crippen molar-refractivity contribution in [3.8, 4) is 0 Å². The minimum absolute atomic E-state index is 0.0813. The van der Waals surface area contributed by atoms with E-state index in [-0.39, 0.29) is 34.5 Å². The van der Waals surface area contributed by atoms with E-state index in [1.54, 1.807) is 4.90 Å². The molecule has 4 rings (SSSR count). The van der Waals surface area contributed by atoms with Crippen LogP contribution >= 0.6 is 0 Å². The van der Waals surface area contributed by atoms with Gasteiger partial charge in [-0.05, 0) is 45.1 Å². The Bertz CT molecular complexity index is 754. The van der Waals surface area contributed by atoms with Gasteiger partial charge < -0.3 is 0 Å². The van der Waals surface area contributed by atoms with Crippen LogP contribution in [0.25, 0.3) is 0 Å². The van der Waals surface area contributed by atoms with Crippen LogP contribution in [-0.4, -0.2) is 23.3 Å². The van der Waals surface area contributed by atoms with Crippen molar-refractivity contribution in [2.75, 3.05) is 6.54 Å². The lowest BCUT2D eigenvalue weighted by Gasteiger charge is -2.34. The minimum atomic E-state index is -0.141. The first-order valence-electron chi connectivity index (χ1n) is 9.88. The van der Waals surface area contributed by atoms with Crippen LogP contribution in [-0.2, 0) is 16.0 Å². The van der Waals surface area contributed by atoms with Crippen molar-refractivity contribution < 1.29 is 9.59 Å². The fourth-order valence-corrected chi connectivity index (χ4v) is 6.05. The summed E-state index contributed by atoms with van der Waals surface area (Å²) < 4.78 is 0. The molecule has 1 aliphatic heterocycles. The third-order valence-electron chi connectivity index (χ3n) is 7.72. The molecule has 2 aliphatic carbocycles. The predicted octanol–water partition coefficient (Wildman–Crippen LogP) is 4.38. The van der Waals surface area contributed by atoms with Crippen molar-refractivity contribution in [1.29, 1.82) is 0 Å². The van der Waals surface area contributed by atoms with Crippen LogP contribution in [0, 0.1) is 22.7 Å². The molecule has 0 N–H and O–H groups in total. The zero-order valence-electron chi connectivity index (χ0n) is 16.3. The van der Waals surface area contributed by atoms with Crippen molar-refractivity contribution in [1.82, 2.24) is 4.90 Å². The van der Waals surface area contributed by atoms with E-state index in [0.717, 1.165) is 25.7 Å². The molecule has 1 saturated heterocycles. The SMILES string of the molecule is CC1=C(C)C2(C)CC1(C)C1C(=O)N(CCCCc3ccccc3)C(=O)C12. The smallest absolute Gasteiger partial charge is 0.234 e. The van der Waals surface area contributed by atoms with Crippen molar-refractivity contribution in [3.05, 3.63) is 47.0 Å². The van der Waals surface area contributed by atoms with Crippen LogP contribution in [0.3, 0.4) is 0 Å². The number of likely N-dealkylation sites (tertiary alicyclic amines) is 1. The Hall–Kier alpha value is -1.90. The van der Waals surface area contributed by atoms with Crippen LogP contribution in [0.15, 0.2) is 41.5 Å². The molecule has 2 bridgehead atoms. The molecule has 0 spiro atoms. The summed E-state index contributed by atoms with van der Waals surface area (Å²) in [6.45, 7) is 9.30. The number of aryl methyl sites for hydroxylation is 1. The quantitative estimate of drug-likeness (QED) is 0.448. The number of rotatable bonds is 5. The summed E-state index contributed by atoms with van der Waals surface area (Å²) in [6.07, 6.45) is 3.83. The summed E-state index contributed by atoms with van der Waals surface area (Å²) in [7, 11) is 0. The molecule has 1 heterocycles. The van der Waals surface area contributed by atoms with Crippen molar-refractivity contribution >= 4 is 11.8 Å². The highest BCUT2D eigenvalue weighted by atomic mass is 16.2. The summed E-state index contributed by atoms with van der Waals surface area (Å²) in [4.78, 5) is 27.9. The van der Waals surface area contributed by atoms with Crippen molar-refractivity contribution in [3.63, 3.8) is 0 Å². The topological polar surface area (TPSA) is 37.4 Å². The molecule has 2 fully saturated rings. The highest BCUT2D eigenvalue weighted by Gasteiger charge is 2.71. The van der Waals surface area contributed by atoms with Crippen molar-refractivity contribution in [2.24, 2.45) is 22.7 Å². The van der Waals surface area contributed by atoms with E-state index in [4.69, 9.17) is 0 Å². The summed E-state index contributed by atoms with van der Waals surface area (Å²) in [5.74, 6) is -0.119.